The topological polar surface area (TPSA) is 20.2 Å². The van der Waals surface area contributed by atoms with Crippen LogP contribution in [0, 0.1) is 5.92 Å². The maximum atomic E-state index is 8.71. The summed E-state index contributed by atoms with van der Waals surface area (Å²) in [6.07, 6.45) is 8.42. The average Bonchev–Trinajstić information content (AvgIpc) is 1.94. The third-order valence-electron chi connectivity index (χ3n) is 1.71. The molecule has 0 saturated carbocycles. The third-order valence-corrected chi connectivity index (χ3v) is 2.97. The summed E-state index contributed by atoms with van der Waals surface area (Å²) in [5.74, 6) is 0.180. The maximum Gasteiger partial charge on any atom is 0.124 e. The zero-order valence-electron chi connectivity index (χ0n) is 6.00. The molecule has 0 aromatic carbocycles. The van der Waals surface area contributed by atoms with Gasteiger partial charge in [-0.1, -0.05) is 40.2 Å². The van der Waals surface area contributed by atoms with Crippen LogP contribution in [0.5, 0.6) is 0 Å². The van der Waals surface area contributed by atoms with Crippen LogP contribution in [0.3, 0.4) is 0 Å². The number of aliphatic hydroxyl groups excluding tert-OH is 1. The van der Waals surface area contributed by atoms with Crippen molar-refractivity contribution >= 4 is 27.5 Å². The van der Waals surface area contributed by atoms with Crippen LogP contribution in [0.2, 0.25) is 0 Å². The van der Waals surface area contributed by atoms with Crippen molar-refractivity contribution in [1.29, 1.82) is 0 Å². The van der Waals surface area contributed by atoms with E-state index in [2.05, 4.69) is 15.9 Å². The number of allylic oxidation sites excluding steroid dienone is 4. The summed E-state index contributed by atoms with van der Waals surface area (Å²) in [4.78, 5) is 0. The predicted octanol–water partition coefficient (Wildman–Crippen LogP) is 2.44. The molecule has 0 saturated heterocycles. The fourth-order valence-electron chi connectivity index (χ4n) is 1.06. The first kappa shape index (κ1) is 9.30. The van der Waals surface area contributed by atoms with Crippen molar-refractivity contribution in [3.8, 4) is 0 Å². The van der Waals surface area contributed by atoms with E-state index in [1.165, 1.54) is 0 Å². The van der Waals surface area contributed by atoms with Gasteiger partial charge in [0.05, 0.1) is 0 Å². The molecule has 0 spiro atoms. The Morgan fingerprint density at radius 2 is 2.27 bits per heavy atom. The van der Waals surface area contributed by atoms with Gasteiger partial charge in [0, 0.05) is 12.5 Å². The summed E-state index contributed by atoms with van der Waals surface area (Å²) >= 11 is 9.46. The highest BCUT2D eigenvalue weighted by molar-refractivity contribution is 9.10. The molecule has 62 valence electrons. The highest BCUT2D eigenvalue weighted by atomic mass is 79.9. The average molecular weight is 238 g/mol. The van der Waals surface area contributed by atoms with Crippen molar-refractivity contribution in [3.05, 3.63) is 24.3 Å². The molecular weight excluding hydrogens is 227 g/mol. The van der Waals surface area contributed by atoms with Crippen molar-refractivity contribution in [1.82, 2.24) is 0 Å². The monoisotopic (exact) mass is 236 g/mol. The first-order valence-corrected chi connectivity index (χ1v) is 4.68. The van der Waals surface area contributed by atoms with Gasteiger partial charge in [-0.25, -0.2) is 0 Å². The van der Waals surface area contributed by atoms with E-state index in [-0.39, 0.29) is 12.5 Å². The van der Waals surface area contributed by atoms with E-state index in [9.17, 15) is 0 Å². The van der Waals surface area contributed by atoms with Gasteiger partial charge in [0.25, 0.3) is 0 Å². The molecule has 0 aromatic rings. The number of rotatable bonds is 2. The van der Waals surface area contributed by atoms with Crippen LogP contribution in [-0.2, 0) is 0 Å². The Labute approximate surface area is 79.9 Å². The molecule has 2 atom stereocenters. The van der Waals surface area contributed by atoms with Crippen molar-refractivity contribution in [3.63, 3.8) is 0 Å². The highest BCUT2D eigenvalue weighted by Crippen LogP contribution is 2.38. The van der Waals surface area contributed by atoms with E-state index in [1.54, 1.807) is 0 Å². The van der Waals surface area contributed by atoms with Gasteiger partial charge in [0.1, 0.15) is 3.78 Å². The van der Waals surface area contributed by atoms with Gasteiger partial charge in [-0.15, -0.1) is 11.6 Å². The Morgan fingerprint density at radius 3 is 2.82 bits per heavy atom. The van der Waals surface area contributed by atoms with E-state index >= 15 is 0 Å². The molecule has 3 heteroatoms. The fourth-order valence-corrected chi connectivity index (χ4v) is 1.85. The highest BCUT2D eigenvalue weighted by Gasteiger charge is 2.30. The lowest BCUT2D eigenvalue weighted by molar-refractivity contribution is 0.269. The minimum absolute atomic E-state index is 0.170. The SMILES string of the molecule is OCC[C@@H]1C=CC=CC1(Cl)Br. The standard InChI is InChI=1S/C8H10BrClO/c9-8(10)5-2-1-3-7(8)4-6-11/h1-3,5,7,11H,4,6H2/t7-,8?/m0/s1. The number of alkyl halides is 2. The van der Waals surface area contributed by atoms with Crippen LogP contribution in [-0.4, -0.2) is 15.5 Å². The molecule has 1 unspecified atom stereocenters. The van der Waals surface area contributed by atoms with E-state index in [4.69, 9.17) is 16.7 Å². The Morgan fingerprint density at radius 1 is 1.55 bits per heavy atom. The van der Waals surface area contributed by atoms with Crippen LogP contribution in [0.25, 0.3) is 0 Å². The second-order valence-electron chi connectivity index (χ2n) is 2.54. The lowest BCUT2D eigenvalue weighted by atomic mass is 9.97. The Hall–Kier alpha value is 0.210. The lowest BCUT2D eigenvalue weighted by Crippen LogP contribution is -2.23. The maximum absolute atomic E-state index is 8.71. The van der Waals surface area contributed by atoms with Crippen molar-refractivity contribution in [2.24, 2.45) is 5.92 Å². The molecule has 0 aromatic heterocycles. The number of hydrogen-bond donors (Lipinski definition) is 1. The summed E-state index contributed by atoms with van der Waals surface area (Å²) < 4.78 is -0.496. The minimum Gasteiger partial charge on any atom is -0.396 e. The van der Waals surface area contributed by atoms with E-state index in [0.29, 0.717) is 6.42 Å². The summed E-state index contributed by atoms with van der Waals surface area (Å²) in [6, 6.07) is 0. The van der Waals surface area contributed by atoms with Gasteiger partial charge in [-0.3, -0.25) is 0 Å². The van der Waals surface area contributed by atoms with Crippen LogP contribution in [0.15, 0.2) is 24.3 Å². The lowest BCUT2D eigenvalue weighted by Gasteiger charge is -2.26. The molecule has 0 radical (unpaired) electrons. The smallest absolute Gasteiger partial charge is 0.124 e. The second kappa shape index (κ2) is 3.74. The molecule has 0 aliphatic heterocycles. The fraction of sp³-hybridized carbons (Fsp3) is 0.500. The van der Waals surface area contributed by atoms with Crippen LogP contribution < -0.4 is 0 Å². The van der Waals surface area contributed by atoms with Crippen LogP contribution in [0.1, 0.15) is 6.42 Å². The minimum atomic E-state index is -0.496. The molecule has 1 aliphatic rings. The van der Waals surface area contributed by atoms with Gasteiger partial charge in [0.2, 0.25) is 0 Å². The van der Waals surface area contributed by atoms with E-state index in [0.717, 1.165) is 0 Å². The first-order chi connectivity index (χ1) is 5.17. The molecule has 0 fully saturated rings. The quantitative estimate of drug-likeness (QED) is 0.732. The summed E-state index contributed by atoms with van der Waals surface area (Å²) in [6.45, 7) is 0.170. The molecule has 1 aliphatic carbocycles. The van der Waals surface area contributed by atoms with E-state index in [1.807, 2.05) is 24.3 Å². The van der Waals surface area contributed by atoms with Crippen molar-refractivity contribution in [2.75, 3.05) is 6.61 Å². The summed E-state index contributed by atoms with van der Waals surface area (Å²) in [5, 5.41) is 8.71. The largest absolute Gasteiger partial charge is 0.396 e. The molecule has 1 rings (SSSR count). The van der Waals surface area contributed by atoms with Crippen molar-refractivity contribution in [2.45, 2.75) is 10.2 Å². The Kier molecular flexibility index (Phi) is 3.16. The van der Waals surface area contributed by atoms with Gasteiger partial charge in [-0.05, 0) is 6.42 Å². The Bertz CT molecular complexity index is 187. The first-order valence-electron chi connectivity index (χ1n) is 3.51. The van der Waals surface area contributed by atoms with Gasteiger partial charge in [-0.2, -0.15) is 0 Å². The van der Waals surface area contributed by atoms with Crippen LogP contribution >= 0.6 is 27.5 Å². The van der Waals surface area contributed by atoms with Crippen molar-refractivity contribution < 1.29 is 5.11 Å². The molecule has 1 nitrogen and oxygen atoms in total. The molecule has 0 amide bonds. The van der Waals surface area contributed by atoms with Crippen LogP contribution in [0.4, 0.5) is 0 Å². The molecule has 0 bridgehead atoms. The summed E-state index contributed by atoms with van der Waals surface area (Å²) in [5.41, 5.74) is 0. The number of halogens is 2. The third kappa shape index (κ3) is 2.32. The number of aliphatic hydroxyl groups is 1. The normalized spacial score (nSPS) is 36.1. The molecule has 0 heterocycles. The Balaban J connectivity index is 2.64. The summed E-state index contributed by atoms with van der Waals surface area (Å²) in [7, 11) is 0. The second-order valence-corrected chi connectivity index (χ2v) is 4.93. The molecule has 1 N–H and O–H groups in total. The van der Waals surface area contributed by atoms with E-state index < -0.39 is 3.78 Å². The van der Waals surface area contributed by atoms with Gasteiger partial charge < -0.3 is 5.11 Å². The molecule has 11 heavy (non-hydrogen) atoms. The van der Waals surface area contributed by atoms with Gasteiger partial charge >= 0.3 is 0 Å². The number of hydrogen-bond acceptors (Lipinski definition) is 1. The zero-order valence-corrected chi connectivity index (χ0v) is 8.35. The van der Waals surface area contributed by atoms with Gasteiger partial charge in [0.15, 0.2) is 0 Å². The molecular formula is C8H10BrClO. The predicted molar refractivity (Wildman–Crippen MR) is 51.0 cm³/mol. The zero-order chi connectivity index (χ0) is 8.32.